The minimum atomic E-state index is 0.0325. The molecule has 0 unspecified atom stereocenters. The maximum Gasteiger partial charge on any atom is 0.220 e. The van der Waals surface area contributed by atoms with Gasteiger partial charge in [-0.25, -0.2) is 0 Å². The van der Waals surface area contributed by atoms with E-state index >= 15 is 0 Å². The van der Waals surface area contributed by atoms with Crippen LogP contribution < -0.4 is 0 Å². The van der Waals surface area contributed by atoms with Crippen molar-refractivity contribution in [3.05, 3.63) is 38.8 Å². The highest BCUT2D eigenvalue weighted by Crippen LogP contribution is 2.22. The Morgan fingerprint density at radius 3 is 3.07 bits per heavy atom. The number of hydrogen-bond acceptors (Lipinski definition) is 3. The third-order valence-corrected chi connectivity index (χ3v) is 3.73. The van der Waals surface area contributed by atoms with Gasteiger partial charge in [0.25, 0.3) is 0 Å². The lowest BCUT2D eigenvalue weighted by Gasteiger charge is -2.01. The average molecular weight is 285 g/mol. The maximum absolute atomic E-state index is 12.0. The van der Waals surface area contributed by atoms with Crippen molar-refractivity contribution >= 4 is 33.0 Å². The number of halogens is 1. The standard InChI is InChI=1S/C10H9BrN2OS/c1-2-13-8(3-4-12-13)10(14)9-5-7(11)6-15-9/h3-6H,2H2,1H3. The normalized spacial score (nSPS) is 10.5. The molecule has 0 fully saturated rings. The fourth-order valence-electron chi connectivity index (χ4n) is 1.34. The summed E-state index contributed by atoms with van der Waals surface area (Å²) in [6.45, 7) is 2.68. The summed E-state index contributed by atoms with van der Waals surface area (Å²) in [5.74, 6) is 0.0325. The molecule has 2 aromatic heterocycles. The molecule has 2 rings (SSSR count). The third kappa shape index (κ3) is 2.03. The molecule has 0 atom stereocenters. The molecule has 2 aromatic rings. The highest BCUT2D eigenvalue weighted by molar-refractivity contribution is 9.10. The number of aryl methyl sites for hydroxylation is 1. The van der Waals surface area contributed by atoms with Crippen molar-refractivity contribution in [1.82, 2.24) is 9.78 Å². The minimum absolute atomic E-state index is 0.0325. The molecule has 3 nitrogen and oxygen atoms in total. The van der Waals surface area contributed by atoms with E-state index in [4.69, 9.17) is 0 Å². The average Bonchev–Trinajstić information content (AvgIpc) is 2.84. The van der Waals surface area contributed by atoms with Gasteiger partial charge in [-0.3, -0.25) is 9.48 Å². The van der Waals surface area contributed by atoms with Crippen molar-refractivity contribution in [1.29, 1.82) is 0 Å². The summed E-state index contributed by atoms with van der Waals surface area (Å²) in [4.78, 5) is 12.8. The molecule has 0 N–H and O–H groups in total. The molecule has 78 valence electrons. The summed E-state index contributed by atoms with van der Waals surface area (Å²) >= 11 is 4.77. The van der Waals surface area contributed by atoms with Crippen molar-refractivity contribution in [2.24, 2.45) is 0 Å². The molecule has 0 spiro atoms. The van der Waals surface area contributed by atoms with Gasteiger partial charge in [0.2, 0.25) is 5.78 Å². The number of carbonyl (C=O) groups excluding carboxylic acids is 1. The number of carbonyl (C=O) groups is 1. The molecule has 0 saturated heterocycles. The van der Waals surface area contributed by atoms with E-state index in [9.17, 15) is 4.79 Å². The second kappa shape index (κ2) is 4.28. The lowest BCUT2D eigenvalue weighted by atomic mass is 10.2. The first kappa shape index (κ1) is 10.6. The SMILES string of the molecule is CCn1nccc1C(=O)c1cc(Br)cs1. The first-order valence-electron chi connectivity index (χ1n) is 4.53. The highest BCUT2D eigenvalue weighted by atomic mass is 79.9. The monoisotopic (exact) mass is 284 g/mol. The van der Waals surface area contributed by atoms with Crippen molar-refractivity contribution in [3.8, 4) is 0 Å². The van der Waals surface area contributed by atoms with Crippen LogP contribution in [0.2, 0.25) is 0 Å². The van der Waals surface area contributed by atoms with E-state index in [2.05, 4.69) is 21.0 Å². The topological polar surface area (TPSA) is 34.9 Å². The van der Waals surface area contributed by atoms with Gasteiger partial charge in [0.05, 0.1) is 4.88 Å². The minimum Gasteiger partial charge on any atom is -0.286 e. The van der Waals surface area contributed by atoms with Gasteiger partial charge in [0.1, 0.15) is 5.69 Å². The number of ketones is 1. The number of nitrogens with zero attached hydrogens (tertiary/aromatic N) is 2. The van der Waals surface area contributed by atoms with Crippen molar-refractivity contribution in [2.45, 2.75) is 13.5 Å². The zero-order valence-electron chi connectivity index (χ0n) is 8.11. The van der Waals surface area contributed by atoms with Crippen LogP contribution in [0, 0.1) is 0 Å². The fraction of sp³-hybridized carbons (Fsp3) is 0.200. The first-order valence-corrected chi connectivity index (χ1v) is 6.20. The molecule has 0 amide bonds. The highest BCUT2D eigenvalue weighted by Gasteiger charge is 2.15. The van der Waals surface area contributed by atoms with Gasteiger partial charge in [-0.15, -0.1) is 11.3 Å². The van der Waals surface area contributed by atoms with E-state index in [-0.39, 0.29) is 5.78 Å². The van der Waals surface area contributed by atoms with Crippen LogP contribution in [0.15, 0.2) is 28.2 Å². The molecule has 15 heavy (non-hydrogen) atoms. The molecular weight excluding hydrogens is 276 g/mol. The van der Waals surface area contributed by atoms with Crippen molar-refractivity contribution in [3.63, 3.8) is 0 Å². The van der Waals surface area contributed by atoms with E-state index in [1.807, 2.05) is 18.4 Å². The molecule has 0 aliphatic rings. The number of aromatic nitrogens is 2. The van der Waals surface area contributed by atoms with Gasteiger partial charge in [-0.1, -0.05) is 0 Å². The lowest BCUT2D eigenvalue weighted by molar-refractivity contribution is 0.103. The molecule has 2 heterocycles. The molecule has 0 aliphatic heterocycles. The Hall–Kier alpha value is -0.940. The molecule has 5 heteroatoms. The van der Waals surface area contributed by atoms with E-state index in [1.54, 1.807) is 16.9 Å². The van der Waals surface area contributed by atoms with Crippen LogP contribution >= 0.6 is 27.3 Å². The van der Waals surface area contributed by atoms with Crippen LogP contribution in [-0.2, 0) is 6.54 Å². The quantitative estimate of drug-likeness (QED) is 0.813. The number of rotatable bonds is 3. The van der Waals surface area contributed by atoms with Crippen LogP contribution in [0.4, 0.5) is 0 Å². The second-order valence-electron chi connectivity index (χ2n) is 2.99. The summed E-state index contributed by atoms with van der Waals surface area (Å²) in [6, 6.07) is 3.58. The van der Waals surface area contributed by atoms with E-state index in [0.29, 0.717) is 12.2 Å². The van der Waals surface area contributed by atoms with Crippen LogP contribution in [0.1, 0.15) is 22.3 Å². The van der Waals surface area contributed by atoms with Crippen LogP contribution in [-0.4, -0.2) is 15.6 Å². The Balaban J connectivity index is 2.36. The van der Waals surface area contributed by atoms with Gasteiger partial charge in [0.15, 0.2) is 0 Å². The van der Waals surface area contributed by atoms with Gasteiger partial charge in [-0.2, -0.15) is 5.10 Å². The maximum atomic E-state index is 12.0. The van der Waals surface area contributed by atoms with Gasteiger partial charge in [-0.05, 0) is 35.0 Å². The molecular formula is C10H9BrN2OS. The van der Waals surface area contributed by atoms with E-state index < -0.39 is 0 Å². The summed E-state index contributed by atoms with van der Waals surface area (Å²) < 4.78 is 2.65. The van der Waals surface area contributed by atoms with Crippen LogP contribution in [0.5, 0.6) is 0 Å². The van der Waals surface area contributed by atoms with Crippen LogP contribution in [0.25, 0.3) is 0 Å². The van der Waals surface area contributed by atoms with Gasteiger partial charge >= 0.3 is 0 Å². The summed E-state index contributed by atoms with van der Waals surface area (Å²) in [5.41, 5.74) is 0.645. The summed E-state index contributed by atoms with van der Waals surface area (Å²) in [7, 11) is 0. The zero-order chi connectivity index (χ0) is 10.8. The summed E-state index contributed by atoms with van der Waals surface area (Å²) in [5, 5.41) is 5.98. The van der Waals surface area contributed by atoms with Gasteiger partial charge < -0.3 is 0 Å². The summed E-state index contributed by atoms with van der Waals surface area (Å²) in [6.07, 6.45) is 1.65. The Morgan fingerprint density at radius 1 is 1.67 bits per heavy atom. The Kier molecular flexibility index (Phi) is 3.02. The molecule has 0 radical (unpaired) electrons. The zero-order valence-corrected chi connectivity index (χ0v) is 10.5. The van der Waals surface area contributed by atoms with Crippen LogP contribution in [0.3, 0.4) is 0 Å². The molecule has 0 aromatic carbocycles. The predicted octanol–water partition coefficient (Wildman–Crippen LogP) is 2.96. The third-order valence-electron chi connectivity index (χ3n) is 2.04. The van der Waals surface area contributed by atoms with Gasteiger partial charge in [0, 0.05) is 22.6 Å². The van der Waals surface area contributed by atoms with Crippen molar-refractivity contribution in [2.75, 3.05) is 0 Å². The largest absolute Gasteiger partial charge is 0.286 e. The predicted molar refractivity (Wildman–Crippen MR) is 63.4 cm³/mol. The van der Waals surface area contributed by atoms with E-state index in [1.165, 1.54) is 11.3 Å². The molecule has 0 aliphatic carbocycles. The Labute approximate surface area is 99.9 Å². The Bertz CT molecular complexity index is 489. The smallest absolute Gasteiger partial charge is 0.220 e. The first-order chi connectivity index (χ1) is 7.22. The fourth-order valence-corrected chi connectivity index (χ4v) is 2.71. The second-order valence-corrected chi connectivity index (χ2v) is 4.82. The Morgan fingerprint density at radius 2 is 2.47 bits per heavy atom. The van der Waals surface area contributed by atoms with E-state index in [0.717, 1.165) is 9.35 Å². The number of hydrogen-bond donors (Lipinski definition) is 0. The molecule has 0 bridgehead atoms. The lowest BCUT2D eigenvalue weighted by Crippen LogP contribution is -2.09. The van der Waals surface area contributed by atoms with Crippen molar-refractivity contribution < 1.29 is 4.79 Å². The molecule has 0 saturated carbocycles. The number of thiophene rings is 1.